The lowest BCUT2D eigenvalue weighted by molar-refractivity contribution is -0.126. The molecule has 0 saturated carbocycles. The Morgan fingerprint density at radius 2 is 1.67 bits per heavy atom. The molecule has 6 nitrogen and oxygen atoms in total. The van der Waals surface area contributed by atoms with Crippen LogP contribution in [-0.2, 0) is 9.59 Å². The Balaban J connectivity index is 1.46. The van der Waals surface area contributed by atoms with Crippen LogP contribution in [0.15, 0.2) is 54.6 Å². The smallest absolute Gasteiger partial charge is 0.251 e. The molecule has 3 rings (SSSR count). The molecule has 2 aromatic carbocycles. The standard InChI is InChI=1S/C20H20ClN3O3/c21-16-8-4-5-9-17(16)24-13-15(12-18(24)25)20(27)23-11-10-22-19(26)14-6-2-1-3-7-14/h1-9,15H,10-13H2,(H,22,26)(H,23,27). The fraction of sp³-hybridized carbons (Fsp3) is 0.250. The van der Waals surface area contributed by atoms with Gasteiger partial charge in [0.15, 0.2) is 0 Å². The molecule has 1 fully saturated rings. The van der Waals surface area contributed by atoms with Crippen LogP contribution in [0.1, 0.15) is 16.8 Å². The van der Waals surface area contributed by atoms with Gasteiger partial charge in [0.2, 0.25) is 11.8 Å². The van der Waals surface area contributed by atoms with Crippen LogP contribution in [-0.4, -0.2) is 37.4 Å². The predicted octanol–water partition coefficient (Wildman–Crippen LogP) is 2.24. The van der Waals surface area contributed by atoms with Crippen molar-refractivity contribution in [1.29, 1.82) is 0 Å². The molecule has 0 aliphatic carbocycles. The first kappa shape index (κ1) is 18.9. The van der Waals surface area contributed by atoms with E-state index in [1.165, 1.54) is 0 Å². The molecule has 2 N–H and O–H groups in total. The number of halogens is 1. The Labute approximate surface area is 162 Å². The number of nitrogens with zero attached hydrogens (tertiary/aromatic N) is 1. The van der Waals surface area contributed by atoms with Crippen molar-refractivity contribution in [3.63, 3.8) is 0 Å². The number of amides is 3. The number of nitrogens with one attached hydrogen (secondary N) is 2. The number of carbonyl (C=O) groups excluding carboxylic acids is 3. The van der Waals surface area contributed by atoms with E-state index >= 15 is 0 Å². The maximum Gasteiger partial charge on any atom is 0.251 e. The number of anilines is 1. The first-order chi connectivity index (χ1) is 13.1. The van der Waals surface area contributed by atoms with Crippen LogP contribution in [0.4, 0.5) is 5.69 Å². The number of hydrogen-bond donors (Lipinski definition) is 2. The normalized spacial score (nSPS) is 16.3. The fourth-order valence-electron chi connectivity index (χ4n) is 2.98. The number of para-hydroxylation sites is 1. The van der Waals surface area contributed by atoms with Crippen molar-refractivity contribution in [3.8, 4) is 0 Å². The summed E-state index contributed by atoms with van der Waals surface area (Å²) in [5.41, 5.74) is 1.19. The van der Waals surface area contributed by atoms with Crippen molar-refractivity contribution < 1.29 is 14.4 Å². The highest BCUT2D eigenvalue weighted by Gasteiger charge is 2.35. The van der Waals surface area contributed by atoms with Crippen molar-refractivity contribution in [2.75, 3.05) is 24.5 Å². The zero-order chi connectivity index (χ0) is 19.2. The molecule has 0 aromatic heterocycles. The quantitative estimate of drug-likeness (QED) is 0.748. The Morgan fingerprint density at radius 1 is 1.00 bits per heavy atom. The molecular weight excluding hydrogens is 366 g/mol. The SMILES string of the molecule is O=C(NCCNC(=O)C1CC(=O)N(c2ccccc2Cl)C1)c1ccccc1. The third-order valence-corrected chi connectivity index (χ3v) is 4.70. The van der Waals surface area contributed by atoms with Gasteiger partial charge in [-0.05, 0) is 24.3 Å². The van der Waals surface area contributed by atoms with Crippen LogP contribution in [0.3, 0.4) is 0 Å². The summed E-state index contributed by atoms with van der Waals surface area (Å²) in [5, 5.41) is 6.00. The molecule has 1 aliphatic heterocycles. The van der Waals surface area contributed by atoms with Crippen molar-refractivity contribution in [1.82, 2.24) is 10.6 Å². The molecule has 0 bridgehead atoms. The third kappa shape index (κ3) is 4.65. The van der Waals surface area contributed by atoms with Gasteiger partial charge in [0, 0.05) is 31.6 Å². The van der Waals surface area contributed by atoms with Gasteiger partial charge in [0.1, 0.15) is 0 Å². The molecule has 1 saturated heterocycles. The summed E-state index contributed by atoms with van der Waals surface area (Å²) in [5.74, 6) is -0.947. The molecule has 1 unspecified atom stereocenters. The van der Waals surface area contributed by atoms with E-state index in [0.717, 1.165) is 0 Å². The average molecular weight is 386 g/mol. The maximum absolute atomic E-state index is 12.3. The van der Waals surface area contributed by atoms with Gasteiger partial charge in [0.25, 0.3) is 5.91 Å². The van der Waals surface area contributed by atoms with Gasteiger partial charge in [-0.25, -0.2) is 0 Å². The largest absolute Gasteiger partial charge is 0.354 e. The van der Waals surface area contributed by atoms with Crippen LogP contribution >= 0.6 is 11.6 Å². The third-order valence-electron chi connectivity index (χ3n) is 4.38. The Morgan fingerprint density at radius 3 is 2.41 bits per heavy atom. The second-order valence-electron chi connectivity index (χ2n) is 6.27. The molecule has 1 atom stereocenters. The van der Waals surface area contributed by atoms with Crippen molar-refractivity contribution >= 4 is 35.0 Å². The minimum Gasteiger partial charge on any atom is -0.354 e. The van der Waals surface area contributed by atoms with Crippen LogP contribution in [0.25, 0.3) is 0 Å². The van der Waals surface area contributed by atoms with Crippen LogP contribution in [0.2, 0.25) is 5.02 Å². The zero-order valence-corrected chi connectivity index (χ0v) is 15.4. The summed E-state index contributed by atoms with van der Waals surface area (Å²) in [6.07, 6.45) is 0.146. The molecular formula is C20H20ClN3O3. The van der Waals surface area contributed by atoms with E-state index in [4.69, 9.17) is 11.6 Å². The molecule has 140 valence electrons. The minimum absolute atomic E-state index is 0.124. The monoisotopic (exact) mass is 385 g/mol. The van der Waals surface area contributed by atoms with Gasteiger partial charge >= 0.3 is 0 Å². The summed E-state index contributed by atoms with van der Waals surface area (Å²) in [4.78, 5) is 38.1. The molecule has 7 heteroatoms. The minimum atomic E-state index is -0.432. The van der Waals surface area contributed by atoms with E-state index in [1.807, 2.05) is 6.07 Å². The lowest BCUT2D eigenvalue weighted by Crippen LogP contribution is -2.38. The first-order valence-electron chi connectivity index (χ1n) is 8.72. The van der Waals surface area contributed by atoms with Crippen molar-refractivity contribution in [3.05, 3.63) is 65.2 Å². The topological polar surface area (TPSA) is 78.5 Å². The number of hydrogen-bond acceptors (Lipinski definition) is 3. The molecule has 1 heterocycles. The number of rotatable bonds is 6. The Bertz CT molecular complexity index is 841. The lowest BCUT2D eigenvalue weighted by Gasteiger charge is -2.18. The van der Waals surface area contributed by atoms with Gasteiger partial charge in [-0.3, -0.25) is 14.4 Å². The highest BCUT2D eigenvalue weighted by molar-refractivity contribution is 6.33. The molecule has 0 spiro atoms. The van der Waals surface area contributed by atoms with E-state index in [0.29, 0.717) is 35.9 Å². The molecule has 2 aromatic rings. The van der Waals surface area contributed by atoms with Gasteiger partial charge in [-0.1, -0.05) is 41.9 Å². The number of carbonyl (C=O) groups is 3. The predicted molar refractivity (Wildman–Crippen MR) is 104 cm³/mol. The molecule has 27 heavy (non-hydrogen) atoms. The molecule has 0 radical (unpaired) electrons. The van der Waals surface area contributed by atoms with Gasteiger partial charge < -0.3 is 15.5 Å². The first-order valence-corrected chi connectivity index (χ1v) is 9.10. The van der Waals surface area contributed by atoms with E-state index in [-0.39, 0.29) is 24.1 Å². The summed E-state index contributed by atoms with van der Waals surface area (Å²) in [6, 6.07) is 15.9. The maximum atomic E-state index is 12.3. The van der Waals surface area contributed by atoms with E-state index in [1.54, 1.807) is 53.4 Å². The van der Waals surface area contributed by atoms with Crippen LogP contribution in [0, 0.1) is 5.92 Å². The van der Waals surface area contributed by atoms with Gasteiger partial charge in [-0.15, -0.1) is 0 Å². The number of benzene rings is 2. The second kappa shape index (κ2) is 8.68. The zero-order valence-electron chi connectivity index (χ0n) is 14.7. The molecule has 3 amide bonds. The Kier molecular flexibility index (Phi) is 6.08. The lowest BCUT2D eigenvalue weighted by atomic mass is 10.1. The highest BCUT2D eigenvalue weighted by atomic mass is 35.5. The van der Waals surface area contributed by atoms with Gasteiger partial charge in [0.05, 0.1) is 16.6 Å². The van der Waals surface area contributed by atoms with Crippen molar-refractivity contribution in [2.45, 2.75) is 6.42 Å². The summed E-state index contributed by atoms with van der Waals surface area (Å²) in [6.45, 7) is 0.910. The Hall–Kier alpha value is -2.86. The summed E-state index contributed by atoms with van der Waals surface area (Å²) >= 11 is 6.14. The second-order valence-corrected chi connectivity index (χ2v) is 6.68. The summed E-state index contributed by atoms with van der Waals surface area (Å²) in [7, 11) is 0. The fourth-order valence-corrected chi connectivity index (χ4v) is 3.22. The highest BCUT2D eigenvalue weighted by Crippen LogP contribution is 2.30. The van der Waals surface area contributed by atoms with Gasteiger partial charge in [-0.2, -0.15) is 0 Å². The average Bonchev–Trinajstić information content (AvgIpc) is 3.07. The summed E-state index contributed by atoms with van der Waals surface area (Å²) < 4.78 is 0. The molecule has 1 aliphatic rings. The van der Waals surface area contributed by atoms with E-state index in [9.17, 15) is 14.4 Å². The van der Waals surface area contributed by atoms with Crippen LogP contribution in [0.5, 0.6) is 0 Å². The van der Waals surface area contributed by atoms with Crippen molar-refractivity contribution in [2.24, 2.45) is 5.92 Å². The van der Waals surface area contributed by atoms with E-state index in [2.05, 4.69) is 10.6 Å². The van der Waals surface area contributed by atoms with Crippen LogP contribution < -0.4 is 15.5 Å². The van der Waals surface area contributed by atoms with E-state index < -0.39 is 5.92 Å².